The minimum Gasteiger partial charge on any atom is -0.464 e. The van der Waals surface area contributed by atoms with Crippen LogP contribution in [0.5, 0.6) is 0 Å². The Hall–Kier alpha value is -1.34. The molecule has 0 aromatic heterocycles. The van der Waals surface area contributed by atoms with Crippen molar-refractivity contribution in [3.05, 3.63) is 29.8 Å². The van der Waals surface area contributed by atoms with E-state index in [1.54, 1.807) is 0 Å². The SMILES string of the molecule is CC[C@@H](c1cccc(N(C(=O)O)N2CCOCC2)c1)[C@@H](C)CN(C)C.Cl. The maximum atomic E-state index is 11.9. The van der Waals surface area contributed by atoms with Crippen LogP contribution in [-0.2, 0) is 4.74 Å². The van der Waals surface area contributed by atoms with Crippen molar-refractivity contribution in [1.29, 1.82) is 0 Å². The maximum absolute atomic E-state index is 11.9. The summed E-state index contributed by atoms with van der Waals surface area (Å²) in [5.74, 6) is 0.902. The molecule has 2 rings (SSSR count). The van der Waals surface area contributed by atoms with E-state index < -0.39 is 6.09 Å². The molecule has 26 heavy (non-hydrogen) atoms. The summed E-state index contributed by atoms with van der Waals surface area (Å²) in [4.78, 5) is 14.1. The summed E-state index contributed by atoms with van der Waals surface area (Å²) >= 11 is 0. The first kappa shape index (κ1) is 22.7. The molecule has 1 heterocycles. The Morgan fingerprint density at radius 1 is 1.31 bits per heavy atom. The number of carboxylic acid groups (broad SMARTS) is 1. The first-order chi connectivity index (χ1) is 11.9. The highest BCUT2D eigenvalue weighted by molar-refractivity contribution is 5.85. The van der Waals surface area contributed by atoms with Crippen molar-refractivity contribution >= 4 is 24.2 Å². The zero-order chi connectivity index (χ0) is 18.4. The quantitative estimate of drug-likeness (QED) is 0.778. The number of ether oxygens (including phenoxy) is 1. The first-order valence-corrected chi connectivity index (χ1v) is 9.04. The van der Waals surface area contributed by atoms with Crippen LogP contribution in [0.4, 0.5) is 10.5 Å². The lowest BCUT2D eigenvalue weighted by molar-refractivity contribution is 0.0324. The van der Waals surface area contributed by atoms with E-state index in [4.69, 9.17) is 4.74 Å². The molecule has 0 bridgehead atoms. The Labute approximate surface area is 163 Å². The Kier molecular flexibility index (Phi) is 9.36. The third-order valence-electron chi connectivity index (χ3n) is 4.77. The molecule has 1 saturated heterocycles. The zero-order valence-electron chi connectivity index (χ0n) is 16.2. The lowest BCUT2D eigenvalue weighted by Gasteiger charge is -2.35. The summed E-state index contributed by atoms with van der Waals surface area (Å²) < 4.78 is 5.35. The number of benzene rings is 1. The highest BCUT2D eigenvalue weighted by atomic mass is 35.5. The minimum atomic E-state index is -0.951. The van der Waals surface area contributed by atoms with Gasteiger partial charge in [-0.25, -0.2) is 14.8 Å². The summed E-state index contributed by atoms with van der Waals surface area (Å²) in [5.41, 5.74) is 1.91. The predicted octanol–water partition coefficient (Wildman–Crippen LogP) is 3.53. The number of halogens is 1. The molecule has 2 atom stereocenters. The summed E-state index contributed by atoms with van der Waals surface area (Å²) in [6, 6.07) is 7.98. The second kappa shape index (κ2) is 10.7. The average Bonchev–Trinajstić information content (AvgIpc) is 2.56. The molecule has 0 saturated carbocycles. The van der Waals surface area contributed by atoms with Gasteiger partial charge in [-0.1, -0.05) is 26.0 Å². The fourth-order valence-corrected chi connectivity index (χ4v) is 3.71. The summed E-state index contributed by atoms with van der Waals surface area (Å²) in [6.07, 6.45) is 0.0803. The summed E-state index contributed by atoms with van der Waals surface area (Å²) in [6.45, 7) is 7.75. The van der Waals surface area contributed by atoms with Crippen molar-refractivity contribution in [1.82, 2.24) is 9.91 Å². The van der Waals surface area contributed by atoms with E-state index in [-0.39, 0.29) is 12.4 Å². The van der Waals surface area contributed by atoms with E-state index in [2.05, 4.69) is 38.9 Å². The number of carbonyl (C=O) groups is 1. The molecule has 1 fully saturated rings. The molecule has 0 spiro atoms. The molecular formula is C19H32ClN3O3. The molecule has 7 heteroatoms. The van der Waals surface area contributed by atoms with Gasteiger partial charge in [0.15, 0.2) is 0 Å². The highest BCUT2D eigenvalue weighted by Crippen LogP contribution is 2.31. The van der Waals surface area contributed by atoms with Crippen LogP contribution in [-0.4, -0.2) is 68.1 Å². The van der Waals surface area contributed by atoms with Crippen LogP contribution in [0, 0.1) is 5.92 Å². The second-order valence-electron chi connectivity index (χ2n) is 7.01. The van der Waals surface area contributed by atoms with Crippen LogP contribution in [0.15, 0.2) is 24.3 Å². The number of nitrogens with zero attached hydrogens (tertiary/aromatic N) is 3. The Morgan fingerprint density at radius 3 is 2.50 bits per heavy atom. The number of hydrazine groups is 1. The lowest BCUT2D eigenvalue weighted by Crippen LogP contribution is -2.51. The monoisotopic (exact) mass is 385 g/mol. The van der Waals surface area contributed by atoms with Crippen LogP contribution in [0.3, 0.4) is 0 Å². The van der Waals surface area contributed by atoms with Crippen molar-refractivity contribution in [3.8, 4) is 0 Å². The minimum absolute atomic E-state index is 0. The number of anilines is 1. The summed E-state index contributed by atoms with van der Waals surface area (Å²) in [5, 5.41) is 12.9. The molecule has 148 valence electrons. The number of rotatable bonds is 7. The average molecular weight is 386 g/mol. The van der Waals surface area contributed by atoms with Crippen molar-refractivity contribution in [2.75, 3.05) is 52.0 Å². The fraction of sp³-hybridized carbons (Fsp3) is 0.632. The standard InChI is InChI=1S/C19H31N3O3.ClH/c1-5-18(15(2)14-20(3)4)16-7-6-8-17(13-16)22(19(23)24)21-9-11-25-12-10-21;/h6-8,13,15,18H,5,9-12,14H2,1-4H3,(H,23,24);1H/t15-,18+;/m0./s1. The van der Waals surface area contributed by atoms with Gasteiger partial charge in [0.05, 0.1) is 18.9 Å². The molecule has 1 aliphatic heterocycles. The van der Waals surface area contributed by atoms with E-state index in [1.807, 2.05) is 23.2 Å². The van der Waals surface area contributed by atoms with Crippen molar-refractivity contribution < 1.29 is 14.6 Å². The Morgan fingerprint density at radius 2 is 1.96 bits per heavy atom. The zero-order valence-corrected chi connectivity index (χ0v) is 17.0. The van der Waals surface area contributed by atoms with Crippen LogP contribution in [0.2, 0.25) is 0 Å². The molecular weight excluding hydrogens is 354 g/mol. The van der Waals surface area contributed by atoms with Gasteiger partial charge < -0.3 is 14.7 Å². The molecule has 0 unspecified atom stereocenters. The van der Waals surface area contributed by atoms with Gasteiger partial charge in [-0.15, -0.1) is 12.4 Å². The number of amides is 1. The van der Waals surface area contributed by atoms with Gasteiger partial charge in [0.25, 0.3) is 0 Å². The van der Waals surface area contributed by atoms with Crippen molar-refractivity contribution in [3.63, 3.8) is 0 Å². The Bertz CT molecular complexity index is 565. The van der Waals surface area contributed by atoms with Gasteiger partial charge in [0.1, 0.15) is 0 Å². The normalized spacial score (nSPS) is 17.4. The fourth-order valence-electron chi connectivity index (χ4n) is 3.71. The number of hydrogen-bond donors (Lipinski definition) is 1. The summed E-state index contributed by atoms with van der Waals surface area (Å²) in [7, 11) is 4.18. The van der Waals surface area contributed by atoms with E-state index in [0.29, 0.717) is 43.8 Å². The molecule has 6 nitrogen and oxygen atoms in total. The highest BCUT2D eigenvalue weighted by Gasteiger charge is 2.26. The molecule has 1 aromatic rings. The smallest absolute Gasteiger partial charge is 0.426 e. The maximum Gasteiger partial charge on any atom is 0.426 e. The van der Waals surface area contributed by atoms with Gasteiger partial charge in [-0.2, -0.15) is 0 Å². The first-order valence-electron chi connectivity index (χ1n) is 9.04. The Balaban J connectivity index is 0.00000338. The lowest BCUT2D eigenvalue weighted by atomic mass is 9.84. The molecule has 1 N–H and O–H groups in total. The van der Waals surface area contributed by atoms with Crippen molar-refractivity contribution in [2.24, 2.45) is 5.92 Å². The molecule has 1 aliphatic rings. The topological polar surface area (TPSA) is 56.3 Å². The van der Waals surface area contributed by atoms with Gasteiger partial charge in [-0.3, -0.25) is 0 Å². The van der Waals surface area contributed by atoms with E-state index in [9.17, 15) is 9.90 Å². The van der Waals surface area contributed by atoms with E-state index >= 15 is 0 Å². The van der Waals surface area contributed by atoms with Crippen LogP contribution in [0.1, 0.15) is 31.7 Å². The third-order valence-corrected chi connectivity index (χ3v) is 4.77. The van der Waals surface area contributed by atoms with Crippen molar-refractivity contribution in [2.45, 2.75) is 26.2 Å². The second-order valence-corrected chi connectivity index (χ2v) is 7.01. The molecule has 1 amide bonds. The number of hydrogen-bond acceptors (Lipinski definition) is 4. The van der Waals surface area contributed by atoms with Gasteiger partial charge in [0.2, 0.25) is 0 Å². The van der Waals surface area contributed by atoms with Gasteiger partial charge in [0, 0.05) is 19.6 Å². The van der Waals surface area contributed by atoms with E-state index in [1.165, 1.54) is 10.6 Å². The van der Waals surface area contributed by atoms with E-state index in [0.717, 1.165) is 13.0 Å². The van der Waals surface area contributed by atoms with Crippen LogP contribution >= 0.6 is 12.4 Å². The molecule has 0 aliphatic carbocycles. The van der Waals surface area contributed by atoms with Crippen LogP contribution in [0.25, 0.3) is 0 Å². The van der Waals surface area contributed by atoms with Crippen LogP contribution < -0.4 is 5.01 Å². The predicted molar refractivity (Wildman–Crippen MR) is 107 cm³/mol. The van der Waals surface area contributed by atoms with Gasteiger partial charge in [-0.05, 0) is 50.0 Å². The molecule has 0 radical (unpaired) electrons. The molecule has 1 aromatic carbocycles. The third kappa shape index (κ3) is 5.84. The van der Waals surface area contributed by atoms with Gasteiger partial charge >= 0.3 is 6.09 Å². The largest absolute Gasteiger partial charge is 0.464 e. The number of morpholine rings is 1.